The number of rotatable bonds is 4. The smallest absolute Gasteiger partial charge is 0.422 e. The second-order valence-electron chi connectivity index (χ2n) is 7.24. The molecule has 1 amide bonds. The van der Waals surface area contributed by atoms with E-state index in [4.69, 9.17) is 4.74 Å². The molecule has 3 nitrogen and oxygen atoms in total. The lowest BCUT2D eigenvalue weighted by molar-refractivity contribution is -0.153. The fraction of sp³-hybridized carbons (Fsp3) is 0.632. The second kappa shape index (κ2) is 6.89. The summed E-state index contributed by atoms with van der Waals surface area (Å²) in [5, 5.41) is 0. The minimum atomic E-state index is -4.35. The number of benzene rings is 1. The summed E-state index contributed by atoms with van der Waals surface area (Å²) in [6.07, 6.45) is 1.82. The quantitative estimate of drug-likeness (QED) is 0.765. The van der Waals surface area contributed by atoms with Crippen LogP contribution in [0, 0.1) is 11.3 Å². The van der Waals surface area contributed by atoms with Crippen molar-refractivity contribution in [1.29, 1.82) is 0 Å². The minimum absolute atomic E-state index is 0.158. The summed E-state index contributed by atoms with van der Waals surface area (Å²) in [5.74, 6) is 1.06. The van der Waals surface area contributed by atoms with Crippen LogP contribution < -0.4 is 9.64 Å². The van der Waals surface area contributed by atoms with E-state index >= 15 is 0 Å². The van der Waals surface area contributed by atoms with Crippen molar-refractivity contribution in [2.24, 2.45) is 11.3 Å². The second-order valence-corrected chi connectivity index (χ2v) is 7.24. The van der Waals surface area contributed by atoms with Crippen LogP contribution >= 0.6 is 0 Å². The van der Waals surface area contributed by atoms with E-state index in [2.05, 4.69) is 6.92 Å². The third-order valence-corrected chi connectivity index (χ3v) is 5.70. The number of ether oxygens (including phenoxy) is 1. The molecule has 1 aliphatic heterocycles. The van der Waals surface area contributed by atoms with Crippen LogP contribution in [0.3, 0.4) is 0 Å². The largest absolute Gasteiger partial charge is 0.484 e. The van der Waals surface area contributed by atoms with Gasteiger partial charge in [0.05, 0.1) is 5.41 Å². The number of alkyl halides is 3. The van der Waals surface area contributed by atoms with E-state index in [0.29, 0.717) is 6.54 Å². The number of nitrogens with zero attached hydrogens (tertiary/aromatic N) is 1. The molecule has 1 saturated carbocycles. The molecule has 0 radical (unpaired) electrons. The highest BCUT2D eigenvalue weighted by Gasteiger charge is 2.48. The van der Waals surface area contributed by atoms with Crippen LogP contribution in [0.2, 0.25) is 0 Å². The van der Waals surface area contributed by atoms with Crippen LogP contribution in [0.25, 0.3) is 0 Å². The zero-order valence-electron chi connectivity index (χ0n) is 14.4. The van der Waals surface area contributed by atoms with Gasteiger partial charge in [-0.1, -0.05) is 13.3 Å². The first-order valence-electron chi connectivity index (χ1n) is 8.94. The first-order valence-corrected chi connectivity index (χ1v) is 8.94. The van der Waals surface area contributed by atoms with Crippen molar-refractivity contribution in [2.45, 2.75) is 51.6 Å². The predicted octanol–water partition coefficient (Wildman–Crippen LogP) is 4.95. The van der Waals surface area contributed by atoms with Crippen LogP contribution in [-0.4, -0.2) is 25.2 Å². The van der Waals surface area contributed by atoms with E-state index in [9.17, 15) is 18.0 Å². The number of amides is 1. The summed E-state index contributed by atoms with van der Waals surface area (Å²) in [4.78, 5) is 14.7. The van der Waals surface area contributed by atoms with Crippen LogP contribution in [0.4, 0.5) is 18.9 Å². The van der Waals surface area contributed by atoms with Gasteiger partial charge in [0.2, 0.25) is 5.91 Å². The molecule has 0 aromatic heterocycles. The Balaban J connectivity index is 1.64. The summed E-state index contributed by atoms with van der Waals surface area (Å²) in [6.45, 7) is 1.57. The average Bonchev–Trinajstić information content (AvgIpc) is 2.90. The number of hydrogen-bond acceptors (Lipinski definition) is 2. The lowest BCUT2D eigenvalue weighted by atomic mass is 9.69. The normalized spacial score (nSPS) is 27.1. The molecule has 0 N–H and O–H groups in total. The third-order valence-electron chi connectivity index (χ3n) is 5.70. The van der Waals surface area contributed by atoms with Gasteiger partial charge < -0.3 is 9.64 Å². The molecule has 0 bridgehead atoms. The molecule has 1 saturated heterocycles. The van der Waals surface area contributed by atoms with E-state index in [1.165, 1.54) is 18.6 Å². The maximum Gasteiger partial charge on any atom is 0.422 e. The molecule has 1 spiro atoms. The molecule has 1 aromatic rings. The van der Waals surface area contributed by atoms with Crippen molar-refractivity contribution < 1.29 is 22.7 Å². The minimum Gasteiger partial charge on any atom is -0.484 e. The fourth-order valence-electron chi connectivity index (χ4n) is 4.06. The van der Waals surface area contributed by atoms with Crippen molar-refractivity contribution in [3.63, 3.8) is 0 Å². The molecule has 0 atom stereocenters. The number of anilines is 1. The summed E-state index contributed by atoms with van der Waals surface area (Å²) in [6, 6.07) is 6.32. The van der Waals surface area contributed by atoms with Crippen LogP contribution in [0.5, 0.6) is 5.75 Å². The topological polar surface area (TPSA) is 29.5 Å². The van der Waals surface area contributed by atoms with Gasteiger partial charge in [0.1, 0.15) is 5.75 Å². The number of carbonyl (C=O) groups is 1. The molecule has 2 aliphatic rings. The number of hydrogen-bond donors (Lipinski definition) is 0. The van der Waals surface area contributed by atoms with Gasteiger partial charge in [-0.3, -0.25) is 4.79 Å². The Labute approximate surface area is 146 Å². The Morgan fingerprint density at radius 1 is 1.16 bits per heavy atom. The van der Waals surface area contributed by atoms with Crippen LogP contribution in [0.1, 0.15) is 45.4 Å². The molecule has 25 heavy (non-hydrogen) atoms. The zero-order chi connectivity index (χ0) is 18.1. The average molecular weight is 355 g/mol. The molecule has 0 unspecified atom stereocenters. The van der Waals surface area contributed by atoms with Gasteiger partial charge in [-0.15, -0.1) is 0 Å². The van der Waals surface area contributed by atoms with E-state index in [0.717, 1.165) is 43.7 Å². The summed E-state index contributed by atoms with van der Waals surface area (Å²) in [7, 11) is 0. The van der Waals surface area contributed by atoms with Gasteiger partial charge in [-0.2, -0.15) is 13.2 Å². The summed E-state index contributed by atoms with van der Waals surface area (Å²) >= 11 is 0. The summed E-state index contributed by atoms with van der Waals surface area (Å²) < 4.78 is 41.3. The third kappa shape index (κ3) is 3.93. The Morgan fingerprint density at radius 2 is 1.80 bits per heavy atom. The van der Waals surface area contributed by atoms with Gasteiger partial charge >= 0.3 is 6.18 Å². The fourth-order valence-corrected chi connectivity index (χ4v) is 4.06. The molecular weight excluding hydrogens is 331 g/mol. The molecule has 6 heteroatoms. The number of carbonyl (C=O) groups excluding carboxylic acids is 1. The molecule has 2 fully saturated rings. The monoisotopic (exact) mass is 355 g/mol. The lowest BCUT2D eigenvalue weighted by Crippen LogP contribution is -2.37. The lowest BCUT2D eigenvalue weighted by Gasteiger charge is -2.35. The van der Waals surface area contributed by atoms with Gasteiger partial charge in [0, 0.05) is 12.2 Å². The first-order chi connectivity index (χ1) is 11.8. The molecule has 1 aliphatic carbocycles. The van der Waals surface area contributed by atoms with Gasteiger partial charge in [0.15, 0.2) is 6.61 Å². The first kappa shape index (κ1) is 18.1. The predicted molar refractivity (Wildman–Crippen MR) is 89.6 cm³/mol. The Bertz CT molecular complexity index is 604. The standard InChI is InChI=1S/C19H24F3NO2/c1-2-14-7-9-18(10-8-14)11-12-23(17(18)24)15-3-5-16(6-4-15)25-13-19(20,21)22/h3-6,14H,2,7-13H2,1H3. The van der Waals surface area contributed by atoms with Crippen molar-refractivity contribution >= 4 is 11.6 Å². The van der Waals surface area contributed by atoms with Gasteiger partial charge in [0.25, 0.3) is 0 Å². The van der Waals surface area contributed by atoms with E-state index in [1.807, 2.05) is 0 Å². The maximum absolute atomic E-state index is 13.0. The highest BCUT2D eigenvalue weighted by molar-refractivity contribution is 6.00. The van der Waals surface area contributed by atoms with Crippen molar-refractivity contribution in [2.75, 3.05) is 18.1 Å². The van der Waals surface area contributed by atoms with E-state index in [1.54, 1.807) is 17.0 Å². The Hall–Kier alpha value is -1.72. The van der Waals surface area contributed by atoms with Gasteiger partial charge in [-0.05, 0) is 62.3 Å². The van der Waals surface area contributed by atoms with Crippen LogP contribution in [-0.2, 0) is 4.79 Å². The molecule has 1 heterocycles. The zero-order valence-corrected chi connectivity index (χ0v) is 14.4. The Morgan fingerprint density at radius 3 is 2.36 bits per heavy atom. The highest BCUT2D eigenvalue weighted by Crippen LogP contribution is 2.48. The molecular formula is C19H24F3NO2. The van der Waals surface area contributed by atoms with Crippen molar-refractivity contribution in [3.8, 4) is 5.75 Å². The molecule has 3 rings (SSSR count). The molecule has 138 valence electrons. The Kier molecular flexibility index (Phi) is 4.98. The number of halogens is 3. The van der Waals surface area contributed by atoms with E-state index in [-0.39, 0.29) is 17.1 Å². The highest BCUT2D eigenvalue weighted by atomic mass is 19.4. The van der Waals surface area contributed by atoms with Gasteiger partial charge in [-0.25, -0.2) is 0 Å². The maximum atomic E-state index is 13.0. The summed E-state index contributed by atoms with van der Waals surface area (Å²) in [5.41, 5.74) is 0.510. The van der Waals surface area contributed by atoms with Crippen molar-refractivity contribution in [1.82, 2.24) is 0 Å². The van der Waals surface area contributed by atoms with Crippen molar-refractivity contribution in [3.05, 3.63) is 24.3 Å². The van der Waals surface area contributed by atoms with Crippen LogP contribution in [0.15, 0.2) is 24.3 Å². The molecule has 1 aromatic carbocycles. The SMILES string of the molecule is CCC1CCC2(CC1)CCN(c1ccc(OCC(F)(F)F)cc1)C2=O. The van der Waals surface area contributed by atoms with E-state index < -0.39 is 12.8 Å².